The highest BCUT2D eigenvalue weighted by molar-refractivity contribution is 5.88. The lowest BCUT2D eigenvalue weighted by molar-refractivity contribution is 0.248. The van der Waals surface area contributed by atoms with Crippen LogP contribution in [0.4, 0.5) is 5.69 Å². The first-order valence-corrected chi connectivity index (χ1v) is 23.1. The van der Waals surface area contributed by atoms with Crippen LogP contribution in [0.5, 0.6) is 0 Å². The van der Waals surface area contributed by atoms with E-state index in [1.54, 1.807) is 0 Å². The maximum atomic E-state index is 2.83. The van der Waals surface area contributed by atoms with Crippen molar-refractivity contribution in [3.63, 3.8) is 0 Å². The molecule has 2 heteroatoms. The Hall–Kier alpha value is -6.12. The Labute approximate surface area is 362 Å². The second kappa shape index (κ2) is 15.1. The molecule has 0 fully saturated rings. The lowest BCUT2D eigenvalue weighted by Gasteiger charge is -2.45. The number of allylic oxidation sites excluding steroid dienone is 13. The molecule has 5 atom stereocenters. The number of rotatable bonds is 7. The van der Waals surface area contributed by atoms with Crippen molar-refractivity contribution in [2.75, 3.05) is 4.90 Å². The van der Waals surface area contributed by atoms with Crippen molar-refractivity contribution < 1.29 is 0 Å². The summed E-state index contributed by atoms with van der Waals surface area (Å²) in [5.74, 6) is 0.432. The molecule has 5 unspecified atom stereocenters. The van der Waals surface area contributed by atoms with Gasteiger partial charge in [0.25, 0.3) is 0 Å². The van der Waals surface area contributed by atoms with Gasteiger partial charge in [-0.15, -0.1) is 0 Å². The van der Waals surface area contributed by atoms with Gasteiger partial charge >= 0.3 is 0 Å². The molecule has 7 aliphatic rings. The van der Waals surface area contributed by atoms with Crippen LogP contribution in [0.2, 0.25) is 0 Å². The van der Waals surface area contributed by atoms with Gasteiger partial charge in [-0.2, -0.15) is 0 Å². The third kappa shape index (κ3) is 5.82. The lowest BCUT2D eigenvalue weighted by Crippen LogP contribution is -2.38. The molecule has 0 heterocycles. The first-order valence-electron chi connectivity index (χ1n) is 23.1. The molecule has 1 spiro atoms. The maximum Gasteiger partial charge on any atom is 0.0588 e. The number of anilines is 1. The first kappa shape index (κ1) is 36.7. The average Bonchev–Trinajstić information content (AvgIpc) is 3.81. The molecule has 0 N–H and O–H groups in total. The fourth-order valence-electron chi connectivity index (χ4n) is 12.7. The maximum absolute atomic E-state index is 2.83. The van der Waals surface area contributed by atoms with E-state index in [2.05, 4.69) is 192 Å². The third-order valence-corrected chi connectivity index (χ3v) is 15.2. The van der Waals surface area contributed by atoms with Crippen LogP contribution in [0.15, 0.2) is 199 Å². The van der Waals surface area contributed by atoms with E-state index in [1.165, 1.54) is 117 Å². The van der Waals surface area contributed by atoms with Gasteiger partial charge in [-0.05, 0) is 150 Å². The van der Waals surface area contributed by atoms with Gasteiger partial charge in [0.05, 0.1) is 17.5 Å². The predicted octanol–water partition coefficient (Wildman–Crippen LogP) is 14.5. The normalized spacial score (nSPS) is 25.3. The van der Waals surface area contributed by atoms with Crippen LogP contribution >= 0.6 is 0 Å². The molecule has 7 aliphatic carbocycles. The van der Waals surface area contributed by atoms with E-state index in [1.807, 2.05) is 0 Å². The molecule has 5 aromatic carbocycles. The predicted molar refractivity (Wildman–Crippen MR) is 253 cm³/mol. The van der Waals surface area contributed by atoms with Crippen LogP contribution in [-0.2, 0) is 11.8 Å². The van der Waals surface area contributed by atoms with Crippen molar-refractivity contribution in [2.45, 2.75) is 87.6 Å². The molecule has 12 rings (SSSR count). The van der Waals surface area contributed by atoms with Gasteiger partial charge in [0.15, 0.2) is 0 Å². The minimum absolute atomic E-state index is 0.213. The quantitative estimate of drug-likeness (QED) is 0.152. The highest BCUT2D eigenvalue weighted by atomic mass is 15.2. The van der Waals surface area contributed by atoms with E-state index in [4.69, 9.17) is 0 Å². The van der Waals surface area contributed by atoms with Crippen molar-refractivity contribution in [1.29, 1.82) is 0 Å². The smallest absolute Gasteiger partial charge is 0.0588 e. The Bertz CT molecular complexity index is 2750. The Morgan fingerprint density at radius 1 is 0.525 bits per heavy atom. The molecule has 0 radical (unpaired) electrons. The topological polar surface area (TPSA) is 6.48 Å². The van der Waals surface area contributed by atoms with Gasteiger partial charge in [0.1, 0.15) is 0 Å². The molecule has 0 bridgehead atoms. The van der Waals surface area contributed by atoms with Crippen LogP contribution in [-0.4, -0.2) is 10.9 Å². The van der Waals surface area contributed by atoms with E-state index in [9.17, 15) is 0 Å². The molecule has 61 heavy (non-hydrogen) atoms. The van der Waals surface area contributed by atoms with Crippen LogP contribution in [0.25, 0.3) is 16.7 Å². The van der Waals surface area contributed by atoms with Crippen molar-refractivity contribution in [3.8, 4) is 11.1 Å². The molecule has 300 valence electrons. The van der Waals surface area contributed by atoms with Gasteiger partial charge in [-0.1, -0.05) is 152 Å². The van der Waals surface area contributed by atoms with E-state index >= 15 is 0 Å². The minimum atomic E-state index is -0.328. The van der Waals surface area contributed by atoms with Gasteiger partial charge in [0.2, 0.25) is 0 Å². The molecule has 0 aromatic heterocycles. The van der Waals surface area contributed by atoms with E-state index < -0.39 is 0 Å². The fraction of sp³-hybridized carbons (Fsp3) is 0.254. The van der Waals surface area contributed by atoms with Crippen LogP contribution in [0.1, 0.15) is 109 Å². The second-order valence-electron chi connectivity index (χ2n) is 18.3. The van der Waals surface area contributed by atoms with Crippen LogP contribution in [0.3, 0.4) is 0 Å². The SMILES string of the molecule is C1=CCCC(N(C2=CC=CC3C2c2ccccc2C32c3ccccc3-c3ccc(N(C4=CC=C(c5ccccc5)CC4)C4C=CCCC4)cc32)C2CCCc3ccccc32)=C1. The fourth-order valence-corrected chi connectivity index (χ4v) is 12.7. The number of fused-ring (bicyclic) bond motifs is 11. The zero-order valence-corrected chi connectivity index (χ0v) is 35.1. The van der Waals surface area contributed by atoms with Gasteiger partial charge in [-0.25, -0.2) is 0 Å². The summed E-state index contributed by atoms with van der Waals surface area (Å²) in [5, 5.41) is 0. The Balaban J connectivity index is 1.03. The monoisotopic (exact) mass is 790 g/mol. The summed E-state index contributed by atoms with van der Waals surface area (Å²) in [6.07, 6.45) is 35.7. The summed E-state index contributed by atoms with van der Waals surface area (Å²) in [4.78, 5) is 5.55. The third-order valence-electron chi connectivity index (χ3n) is 15.2. The lowest BCUT2D eigenvalue weighted by atomic mass is 9.65. The summed E-state index contributed by atoms with van der Waals surface area (Å²) >= 11 is 0. The zero-order chi connectivity index (χ0) is 40.3. The number of hydrogen-bond donors (Lipinski definition) is 0. The molecular weight excluding hydrogens is 737 g/mol. The van der Waals surface area contributed by atoms with E-state index in [0.29, 0.717) is 12.1 Å². The van der Waals surface area contributed by atoms with Crippen molar-refractivity contribution >= 4 is 11.3 Å². The van der Waals surface area contributed by atoms with E-state index in [0.717, 1.165) is 25.7 Å². The number of benzene rings is 5. The first-order chi connectivity index (χ1) is 30.3. The largest absolute Gasteiger partial charge is 0.341 e. The average molecular weight is 791 g/mol. The highest BCUT2D eigenvalue weighted by Gasteiger charge is 2.59. The van der Waals surface area contributed by atoms with Crippen LogP contribution in [0, 0.1) is 5.92 Å². The van der Waals surface area contributed by atoms with Crippen LogP contribution < -0.4 is 4.90 Å². The van der Waals surface area contributed by atoms with Gasteiger partial charge in [0, 0.05) is 34.6 Å². The Morgan fingerprint density at radius 3 is 2.16 bits per heavy atom. The number of hydrogen-bond acceptors (Lipinski definition) is 2. The zero-order valence-electron chi connectivity index (χ0n) is 35.1. The molecule has 0 amide bonds. The second-order valence-corrected chi connectivity index (χ2v) is 18.3. The van der Waals surface area contributed by atoms with Crippen molar-refractivity contribution in [3.05, 3.63) is 238 Å². The summed E-state index contributed by atoms with van der Waals surface area (Å²) in [7, 11) is 0. The molecule has 0 aliphatic heterocycles. The van der Waals surface area contributed by atoms with Crippen molar-refractivity contribution in [1.82, 2.24) is 4.90 Å². The summed E-state index contributed by atoms with van der Waals surface area (Å²) < 4.78 is 0. The molecule has 0 saturated heterocycles. The highest BCUT2D eigenvalue weighted by Crippen LogP contribution is 2.67. The van der Waals surface area contributed by atoms with E-state index in [-0.39, 0.29) is 17.3 Å². The summed E-state index contributed by atoms with van der Waals surface area (Å²) in [6, 6.07) is 47.5. The summed E-state index contributed by atoms with van der Waals surface area (Å²) in [5.41, 5.74) is 19.8. The molecular formula is C59H54N2. The molecule has 0 saturated carbocycles. The number of aryl methyl sites for hydroxylation is 1. The van der Waals surface area contributed by atoms with Gasteiger partial charge < -0.3 is 9.80 Å². The Kier molecular flexibility index (Phi) is 9.09. The minimum Gasteiger partial charge on any atom is -0.341 e. The molecule has 2 nitrogen and oxygen atoms in total. The van der Waals surface area contributed by atoms with Gasteiger partial charge in [-0.3, -0.25) is 0 Å². The molecule has 5 aromatic rings. The van der Waals surface area contributed by atoms with Crippen molar-refractivity contribution in [2.24, 2.45) is 5.92 Å². The Morgan fingerprint density at radius 2 is 1.33 bits per heavy atom. The standard InChI is InChI=1S/C59H54N2/c1-4-18-41(19-5-1)42-34-36-46(37-35-42)60(44-22-6-2-7-23-44)47-38-39-50-49-27-12-14-29-52(49)59(55(50)40-47)53-30-15-13-28-51(53)58-54(59)31-17-33-57(58)61(45-24-8-3-9-25-45)56-32-16-21-43-20-10-11-26-48(43)56/h1,3-6,8,10-15,17-20,22,24,26-31,33-34,36,38-40,44,54,56,58H,2,7,9,16,21,23,25,32,35,37H2. The summed E-state index contributed by atoms with van der Waals surface area (Å²) in [6.45, 7) is 0. The number of nitrogens with zero attached hydrogens (tertiary/aromatic N) is 2.